The van der Waals surface area contributed by atoms with E-state index in [4.69, 9.17) is 5.73 Å². The number of H-pyrrole nitrogens is 1. The molecule has 0 radical (unpaired) electrons. The minimum atomic E-state index is -0.181. The van der Waals surface area contributed by atoms with Gasteiger partial charge in [0.25, 0.3) is 5.56 Å². The molecule has 1 heterocycles. The van der Waals surface area contributed by atoms with Gasteiger partial charge in [0, 0.05) is 17.8 Å². The summed E-state index contributed by atoms with van der Waals surface area (Å²) in [5.41, 5.74) is 6.69. The summed E-state index contributed by atoms with van der Waals surface area (Å²) < 4.78 is 0. The predicted molar refractivity (Wildman–Crippen MR) is 58.1 cm³/mol. The zero-order valence-electron chi connectivity index (χ0n) is 9.00. The number of nitrogens with one attached hydrogen (secondary N) is 1. The minimum absolute atomic E-state index is 0.0794. The Bertz CT molecular complexity index is 349. The number of aromatic nitrogens is 1. The molecule has 1 aromatic rings. The number of aromatic amines is 1. The Morgan fingerprint density at radius 2 is 2.14 bits per heavy atom. The summed E-state index contributed by atoms with van der Waals surface area (Å²) >= 11 is 0. The van der Waals surface area contributed by atoms with E-state index in [0.717, 1.165) is 6.42 Å². The molecule has 0 spiro atoms. The predicted octanol–water partition coefficient (Wildman–Crippen LogP) is 1.81. The van der Waals surface area contributed by atoms with Crippen molar-refractivity contribution in [3.63, 3.8) is 0 Å². The molecule has 3 nitrogen and oxygen atoms in total. The van der Waals surface area contributed by atoms with Crippen LogP contribution in [0.3, 0.4) is 0 Å². The fourth-order valence-electron chi connectivity index (χ4n) is 1.50. The maximum atomic E-state index is 11.4. The zero-order valence-corrected chi connectivity index (χ0v) is 9.00. The molecule has 0 aliphatic rings. The lowest BCUT2D eigenvalue weighted by atomic mass is 9.86. The Balaban J connectivity index is 2.85. The highest BCUT2D eigenvalue weighted by atomic mass is 16.1. The van der Waals surface area contributed by atoms with Crippen LogP contribution in [-0.2, 0) is 0 Å². The summed E-state index contributed by atoms with van der Waals surface area (Å²) in [5, 5.41) is 0. The van der Waals surface area contributed by atoms with Crippen LogP contribution in [0.1, 0.15) is 38.8 Å². The summed E-state index contributed by atoms with van der Waals surface area (Å²) in [4.78, 5) is 14.0. The topological polar surface area (TPSA) is 58.9 Å². The number of rotatable bonds is 2. The van der Waals surface area contributed by atoms with E-state index in [9.17, 15) is 4.79 Å². The largest absolute Gasteiger partial charge is 0.329 e. The first-order valence-electron chi connectivity index (χ1n) is 4.83. The van der Waals surface area contributed by atoms with Crippen molar-refractivity contribution >= 4 is 0 Å². The molecule has 1 aromatic heterocycles. The van der Waals surface area contributed by atoms with Crippen LogP contribution in [0.25, 0.3) is 0 Å². The summed E-state index contributed by atoms with van der Waals surface area (Å²) in [5.74, 6) is 0. The molecule has 0 aliphatic carbocycles. The van der Waals surface area contributed by atoms with Gasteiger partial charge in [-0.3, -0.25) is 4.79 Å². The molecule has 0 unspecified atom stereocenters. The second-order valence-corrected chi connectivity index (χ2v) is 4.83. The van der Waals surface area contributed by atoms with Gasteiger partial charge in [-0.1, -0.05) is 26.8 Å². The minimum Gasteiger partial charge on any atom is -0.329 e. The molecule has 0 aliphatic heterocycles. The smallest absolute Gasteiger partial charge is 0.252 e. The highest BCUT2D eigenvalue weighted by Crippen LogP contribution is 2.25. The van der Waals surface area contributed by atoms with E-state index in [1.165, 1.54) is 0 Å². The lowest BCUT2D eigenvalue weighted by Gasteiger charge is -2.22. The fourth-order valence-corrected chi connectivity index (χ4v) is 1.50. The van der Waals surface area contributed by atoms with Gasteiger partial charge in [0.2, 0.25) is 0 Å². The first-order valence-corrected chi connectivity index (χ1v) is 4.83. The van der Waals surface area contributed by atoms with Crippen LogP contribution in [0, 0.1) is 5.41 Å². The van der Waals surface area contributed by atoms with Crippen LogP contribution < -0.4 is 11.3 Å². The maximum Gasteiger partial charge on any atom is 0.252 e. The fraction of sp³-hybridized carbons (Fsp3) is 0.545. The van der Waals surface area contributed by atoms with Gasteiger partial charge in [0.15, 0.2) is 0 Å². The number of nitrogens with two attached hydrogens (primary N) is 1. The Morgan fingerprint density at radius 1 is 1.50 bits per heavy atom. The molecule has 0 aromatic carbocycles. The lowest BCUT2D eigenvalue weighted by Crippen LogP contribution is -2.25. The Hall–Kier alpha value is -1.09. The quantitative estimate of drug-likeness (QED) is 0.754. The molecule has 78 valence electrons. The molecule has 0 amide bonds. The van der Waals surface area contributed by atoms with E-state index in [1.54, 1.807) is 18.3 Å². The first-order chi connectivity index (χ1) is 6.40. The lowest BCUT2D eigenvalue weighted by molar-refractivity contribution is 0.342. The van der Waals surface area contributed by atoms with E-state index < -0.39 is 0 Å². The molecule has 0 saturated carbocycles. The summed E-state index contributed by atoms with van der Waals surface area (Å²) in [6.07, 6.45) is 2.43. The van der Waals surface area contributed by atoms with Crippen molar-refractivity contribution < 1.29 is 0 Å². The van der Waals surface area contributed by atoms with Gasteiger partial charge in [-0.2, -0.15) is 0 Å². The molecule has 1 atom stereocenters. The van der Waals surface area contributed by atoms with Crippen molar-refractivity contribution in [2.75, 3.05) is 0 Å². The molecular weight excluding hydrogens is 176 g/mol. The normalized spacial score (nSPS) is 14.0. The van der Waals surface area contributed by atoms with Crippen molar-refractivity contribution in [1.82, 2.24) is 4.98 Å². The second kappa shape index (κ2) is 3.96. The molecule has 3 heteroatoms. The van der Waals surface area contributed by atoms with Crippen LogP contribution in [0.4, 0.5) is 0 Å². The summed E-state index contributed by atoms with van der Waals surface area (Å²) in [6, 6.07) is 3.41. The van der Waals surface area contributed by atoms with Crippen molar-refractivity contribution in [3.8, 4) is 0 Å². The van der Waals surface area contributed by atoms with Crippen molar-refractivity contribution in [1.29, 1.82) is 0 Å². The highest BCUT2D eigenvalue weighted by Gasteiger charge is 2.18. The third-order valence-electron chi connectivity index (χ3n) is 2.08. The molecule has 14 heavy (non-hydrogen) atoms. The maximum absolute atomic E-state index is 11.4. The van der Waals surface area contributed by atoms with Crippen molar-refractivity contribution in [2.45, 2.75) is 33.2 Å². The van der Waals surface area contributed by atoms with Crippen molar-refractivity contribution in [2.24, 2.45) is 11.1 Å². The van der Waals surface area contributed by atoms with Crippen LogP contribution in [0.5, 0.6) is 0 Å². The molecule has 0 bridgehead atoms. The molecule has 3 N–H and O–H groups in total. The molecule has 1 rings (SSSR count). The number of hydrogen-bond acceptors (Lipinski definition) is 2. The Kier molecular flexibility index (Phi) is 3.11. The van der Waals surface area contributed by atoms with Crippen LogP contribution >= 0.6 is 0 Å². The van der Waals surface area contributed by atoms with Gasteiger partial charge >= 0.3 is 0 Å². The van der Waals surface area contributed by atoms with Gasteiger partial charge in [0.05, 0.1) is 0 Å². The third kappa shape index (κ3) is 3.00. The van der Waals surface area contributed by atoms with E-state index in [0.29, 0.717) is 5.56 Å². The third-order valence-corrected chi connectivity index (χ3v) is 2.08. The number of pyridine rings is 1. The van der Waals surface area contributed by atoms with E-state index in [1.807, 2.05) is 0 Å². The standard InChI is InChI=1S/C11H18N2O/c1-11(2,3)7-9(12)8-5-4-6-13-10(8)14/h4-6,9H,7,12H2,1-3H3,(H,13,14)/t9-/m1/s1. The Morgan fingerprint density at radius 3 is 2.64 bits per heavy atom. The van der Waals surface area contributed by atoms with Crippen LogP contribution in [-0.4, -0.2) is 4.98 Å². The van der Waals surface area contributed by atoms with Gasteiger partial charge in [-0.05, 0) is 17.9 Å². The first kappa shape index (κ1) is 11.0. The second-order valence-electron chi connectivity index (χ2n) is 4.83. The molecular formula is C11H18N2O. The van der Waals surface area contributed by atoms with Gasteiger partial charge in [-0.15, -0.1) is 0 Å². The van der Waals surface area contributed by atoms with Crippen LogP contribution in [0.15, 0.2) is 23.1 Å². The number of hydrogen-bond donors (Lipinski definition) is 2. The van der Waals surface area contributed by atoms with Gasteiger partial charge in [0.1, 0.15) is 0 Å². The zero-order chi connectivity index (χ0) is 10.8. The van der Waals surface area contributed by atoms with Gasteiger partial charge in [-0.25, -0.2) is 0 Å². The van der Waals surface area contributed by atoms with Gasteiger partial charge < -0.3 is 10.7 Å². The van der Waals surface area contributed by atoms with Crippen molar-refractivity contribution in [3.05, 3.63) is 34.2 Å². The van der Waals surface area contributed by atoms with E-state index >= 15 is 0 Å². The summed E-state index contributed by atoms with van der Waals surface area (Å²) in [7, 11) is 0. The van der Waals surface area contributed by atoms with E-state index in [-0.39, 0.29) is 17.0 Å². The van der Waals surface area contributed by atoms with E-state index in [2.05, 4.69) is 25.8 Å². The molecule has 0 saturated heterocycles. The molecule has 0 fully saturated rings. The van der Waals surface area contributed by atoms with Crippen LogP contribution in [0.2, 0.25) is 0 Å². The highest BCUT2D eigenvalue weighted by molar-refractivity contribution is 5.13. The monoisotopic (exact) mass is 194 g/mol. The Labute approximate surface area is 84.3 Å². The average molecular weight is 194 g/mol. The average Bonchev–Trinajstić information content (AvgIpc) is 2.01. The SMILES string of the molecule is CC(C)(C)C[C@@H](N)c1ccc[nH]c1=O. The summed E-state index contributed by atoms with van der Waals surface area (Å²) in [6.45, 7) is 6.35.